The largest absolute Gasteiger partial charge is 0.477 e. The molecule has 2 atom stereocenters. The van der Waals surface area contributed by atoms with Crippen LogP contribution in [0.5, 0.6) is 0 Å². The molecule has 0 aliphatic carbocycles. The average Bonchev–Trinajstić information content (AvgIpc) is 3.46. The summed E-state index contributed by atoms with van der Waals surface area (Å²) in [5.74, 6) is -2.17. The van der Waals surface area contributed by atoms with Gasteiger partial charge >= 0.3 is 11.6 Å². The third kappa shape index (κ3) is 4.33. The first-order chi connectivity index (χ1) is 16.9. The van der Waals surface area contributed by atoms with E-state index in [0.29, 0.717) is 11.3 Å². The highest BCUT2D eigenvalue weighted by Crippen LogP contribution is 2.40. The van der Waals surface area contributed by atoms with Gasteiger partial charge in [-0.05, 0) is 6.07 Å². The molecule has 0 unspecified atom stereocenters. The van der Waals surface area contributed by atoms with Crippen LogP contribution in [-0.4, -0.2) is 76.8 Å². The molecule has 0 spiro atoms. The summed E-state index contributed by atoms with van der Waals surface area (Å²) in [5, 5.41) is 19.9. The van der Waals surface area contributed by atoms with E-state index < -0.39 is 29.2 Å². The molecule has 0 bridgehead atoms. The first-order valence-electron chi connectivity index (χ1n) is 10.1. The van der Waals surface area contributed by atoms with Gasteiger partial charge in [-0.15, -0.1) is 28.7 Å². The predicted molar refractivity (Wildman–Crippen MR) is 130 cm³/mol. The van der Waals surface area contributed by atoms with Crippen LogP contribution in [0.2, 0.25) is 0 Å². The first-order valence-corrected chi connectivity index (χ1v) is 11.9. The number of anilines is 1. The lowest BCUT2D eigenvalue weighted by Gasteiger charge is -2.49. The zero-order valence-corrected chi connectivity index (χ0v) is 20.9. The van der Waals surface area contributed by atoms with Crippen molar-refractivity contribution in [1.29, 1.82) is 0 Å². The number of thioether (sulfide) groups is 1. The number of carboxylic acid groups (broad SMARTS) is 1. The molecular weight excluding hydrogens is 534 g/mol. The van der Waals surface area contributed by atoms with Gasteiger partial charge in [0.15, 0.2) is 11.3 Å². The van der Waals surface area contributed by atoms with Crippen LogP contribution in [0.15, 0.2) is 47.1 Å². The highest BCUT2D eigenvalue weighted by molar-refractivity contribution is 8.00. The van der Waals surface area contributed by atoms with Gasteiger partial charge in [-0.25, -0.2) is 9.36 Å². The molecule has 0 aromatic carbocycles. The van der Waals surface area contributed by atoms with Gasteiger partial charge in [0, 0.05) is 28.9 Å². The Morgan fingerprint density at radius 2 is 2.25 bits per heavy atom. The van der Waals surface area contributed by atoms with Crippen LogP contribution in [0.25, 0.3) is 5.65 Å². The standard InChI is InChI=1S/C19H17N9O5S2.ClH/c1-33-24-11(14-23-19(20)35-25-14)15(29)22-12-16(30)28-13(18(31)32)9(8-34-17(12)28)7-26-5-6-27-10(26)3-2-4-21-27;/h2-6,12,17H,7-8H2,1H3,(H3-,20,22,23,25,29,31,32);1H/p+1/b24-11-;/t12-,17-;/m1./s1. The number of rotatable bonds is 7. The van der Waals surface area contributed by atoms with Crippen LogP contribution in [0.1, 0.15) is 5.82 Å². The topological polar surface area (TPSA) is 181 Å². The molecule has 2 aliphatic rings. The van der Waals surface area contributed by atoms with Crippen molar-refractivity contribution in [3.63, 3.8) is 0 Å². The van der Waals surface area contributed by atoms with E-state index in [2.05, 4.69) is 24.9 Å². The number of hydrogen-bond donors (Lipinski definition) is 3. The number of nitrogens with zero attached hydrogens (tertiary/aromatic N) is 7. The van der Waals surface area contributed by atoms with Gasteiger partial charge in [0.05, 0.1) is 6.20 Å². The summed E-state index contributed by atoms with van der Waals surface area (Å²) in [6.07, 6.45) is 5.21. The molecule has 3 aromatic rings. The third-order valence-electron chi connectivity index (χ3n) is 5.39. The fourth-order valence-electron chi connectivity index (χ4n) is 3.90. The molecule has 36 heavy (non-hydrogen) atoms. The number of hydrogen-bond acceptors (Lipinski definition) is 11. The Morgan fingerprint density at radius 3 is 2.94 bits per heavy atom. The van der Waals surface area contributed by atoms with Gasteiger partial charge in [-0.3, -0.25) is 14.5 Å². The number of nitrogens with one attached hydrogen (secondary N) is 1. The van der Waals surface area contributed by atoms with Crippen LogP contribution < -0.4 is 15.6 Å². The number of carbonyl (C=O) groups is 3. The smallest absolute Gasteiger partial charge is 0.352 e. The van der Waals surface area contributed by atoms with Crippen molar-refractivity contribution >= 4 is 70.0 Å². The van der Waals surface area contributed by atoms with Gasteiger partial charge in [-0.1, -0.05) is 10.3 Å². The fraction of sp³-hybridized carbons (Fsp3) is 0.263. The number of nitrogens with two attached hydrogens (primary N) is 1. The molecule has 2 amide bonds. The number of amides is 2. The summed E-state index contributed by atoms with van der Waals surface area (Å²) < 4.78 is 7.48. The average molecular weight is 553 g/mol. The molecule has 2 aliphatic heterocycles. The second kappa shape index (κ2) is 10.1. The van der Waals surface area contributed by atoms with Crippen molar-refractivity contribution in [2.24, 2.45) is 5.16 Å². The Balaban J connectivity index is 0.00000304. The Kier molecular flexibility index (Phi) is 7.09. The highest BCUT2D eigenvalue weighted by atomic mass is 35.5. The fourth-order valence-corrected chi connectivity index (χ4v) is 5.67. The SMILES string of the molecule is CO/N=C(\C(=O)N[C@@H]1C(=O)N2C(C(=O)O)=C(C[n+]3ccn4ncccc43)CS[C@H]12)c1nsc(N)n1.Cl. The number of oxime groups is 1. The molecular formula is C19H19ClN9O5S2+. The summed E-state index contributed by atoms with van der Waals surface area (Å²) >= 11 is 2.24. The highest BCUT2D eigenvalue weighted by Gasteiger charge is 2.54. The Hall–Kier alpha value is -3.76. The summed E-state index contributed by atoms with van der Waals surface area (Å²) in [5.41, 5.74) is 6.60. The molecule has 4 N–H and O–H groups in total. The molecule has 17 heteroatoms. The zero-order chi connectivity index (χ0) is 24.7. The molecule has 5 heterocycles. The van der Waals surface area contributed by atoms with Crippen LogP contribution in [-0.2, 0) is 25.8 Å². The molecule has 0 radical (unpaired) electrons. The molecule has 14 nitrogen and oxygen atoms in total. The van der Waals surface area contributed by atoms with Gasteiger partial charge in [0.1, 0.15) is 37.0 Å². The third-order valence-corrected chi connectivity index (χ3v) is 7.27. The summed E-state index contributed by atoms with van der Waals surface area (Å²) in [6.45, 7) is 0.270. The normalized spacial score (nSPS) is 19.4. The maximum Gasteiger partial charge on any atom is 0.352 e. The van der Waals surface area contributed by atoms with Crippen LogP contribution >= 0.6 is 35.7 Å². The number of carboxylic acids is 1. The molecule has 5 rings (SSSR count). The Bertz CT molecular complexity index is 1420. The van der Waals surface area contributed by atoms with E-state index in [1.165, 1.54) is 23.8 Å². The van der Waals surface area contributed by atoms with E-state index in [1.54, 1.807) is 29.2 Å². The number of fused-ring (bicyclic) bond motifs is 2. The number of imidazole rings is 1. The van der Waals surface area contributed by atoms with Crippen molar-refractivity contribution in [1.82, 2.24) is 29.2 Å². The van der Waals surface area contributed by atoms with Gasteiger partial charge in [0.25, 0.3) is 11.8 Å². The van der Waals surface area contributed by atoms with E-state index in [4.69, 9.17) is 10.6 Å². The van der Waals surface area contributed by atoms with Crippen LogP contribution in [0.3, 0.4) is 0 Å². The van der Waals surface area contributed by atoms with Gasteiger partial charge in [0.2, 0.25) is 11.5 Å². The minimum atomic E-state index is -1.21. The van der Waals surface area contributed by atoms with Crippen molar-refractivity contribution in [3.05, 3.63) is 47.8 Å². The van der Waals surface area contributed by atoms with E-state index in [0.717, 1.165) is 17.2 Å². The second-order valence-electron chi connectivity index (χ2n) is 7.45. The molecule has 3 aromatic heterocycles. The van der Waals surface area contributed by atoms with Crippen LogP contribution in [0.4, 0.5) is 5.13 Å². The molecule has 188 valence electrons. The lowest BCUT2D eigenvalue weighted by atomic mass is 10.0. The van der Waals surface area contributed by atoms with E-state index in [-0.39, 0.29) is 41.3 Å². The summed E-state index contributed by atoms with van der Waals surface area (Å²) in [6, 6.07) is 2.69. The minimum absolute atomic E-state index is 0. The Labute approximate surface area is 217 Å². The summed E-state index contributed by atoms with van der Waals surface area (Å²) in [7, 11) is 1.25. The lowest BCUT2D eigenvalue weighted by Crippen LogP contribution is -2.71. The van der Waals surface area contributed by atoms with Crippen molar-refractivity contribution in [3.8, 4) is 0 Å². The van der Waals surface area contributed by atoms with Crippen molar-refractivity contribution in [2.75, 3.05) is 18.6 Å². The quantitative estimate of drug-likeness (QED) is 0.146. The number of β-lactam (4-membered cyclic amide) rings is 1. The van der Waals surface area contributed by atoms with Crippen molar-refractivity contribution < 1.29 is 28.9 Å². The molecule has 0 saturated carbocycles. The van der Waals surface area contributed by atoms with E-state index >= 15 is 0 Å². The first kappa shape index (κ1) is 25.3. The summed E-state index contributed by atoms with van der Waals surface area (Å²) in [4.78, 5) is 47.8. The van der Waals surface area contributed by atoms with Gasteiger partial charge < -0.3 is 21.0 Å². The molecule has 1 saturated heterocycles. The van der Waals surface area contributed by atoms with E-state index in [1.807, 2.05) is 10.6 Å². The maximum atomic E-state index is 13.0. The van der Waals surface area contributed by atoms with Gasteiger partial charge in [-0.2, -0.15) is 9.36 Å². The Morgan fingerprint density at radius 1 is 1.44 bits per heavy atom. The number of aromatic nitrogens is 5. The maximum absolute atomic E-state index is 13.0. The number of carbonyl (C=O) groups excluding carboxylic acids is 2. The number of halogens is 1. The minimum Gasteiger partial charge on any atom is -0.477 e. The number of nitrogen functional groups attached to an aromatic ring is 1. The van der Waals surface area contributed by atoms with Crippen LogP contribution in [0, 0.1) is 0 Å². The predicted octanol–water partition coefficient (Wildman–Crippen LogP) is -0.733. The monoisotopic (exact) mass is 552 g/mol. The lowest BCUT2D eigenvalue weighted by molar-refractivity contribution is -0.662. The zero-order valence-electron chi connectivity index (χ0n) is 18.5. The number of aliphatic carboxylic acids is 1. The van der Waals surface area contributed by atoms with Crippen molar-refractivity contribution in [2.45, 2.75) is 18.0 Å². The second-order valence-corrected chi connectivity index (χ2v) is 9.34. The molecule has 1 fully saturated rings. The van der Waals surface area contributed by atoms with E-state index in [9.17, 15) is 19.5 Å².